The fraction of sp³-hybridized carbons (Fsp3) is 0.125. The Hall–Kier alpha value is -2.09. The van der Waals surface area contributed by atoms with Crippen LogP contribution < -0.4 is 9.47 Å². The molecule has 0 aliphatic heterocycles. The van der Waals surface area contributed by atoms with Crippen LogP contribution in [-0.2, 0) is 11.4 Å². The van der Waals surface area contributed by atoms with E-state index in [1.807, 2.05) is 18.2 Å². The number of ether oxygens (including phenoxy) is 2. The summed E-state index contributed by atoms with van der Waals surface area (Å²) in [5.41, 5.74) is 1.69. The van der Waals surface area contributed by atoms with Gasteiger partial charge in [-0.1, -0.05) is 6.07 Å². The summed E-state index contributed by atoms with van der Waals surface area (Å²) in [7, 11) is 1.55. The minimum Gasteiger partial charge on any atom is -0.493 e. The molecule has 0 saturated heterocycles. The lowest BCUT2D eigenvalue weighted by Crippen LogP contribution is -2.00. The van der Waals surface area contributed by atoms with Gasteiger partial charge in [-0.05, 0) is 52.4 Å². The maximum absolute atomic E-state index is 10.6. The van der Waals surface area contributed by atoms with Gasteiger partial charge in [0.2, 0.25) is 0 Å². The van der Waals surface area contributed by atoms with Gasteiger partial charge in [0.05, 0.1) is 10.7 Å². The monoisotopic (exact) mass is 411 g/mol. The Morgan fingerprint density at radius 2 is 2.27 bits per heavy atom. The summed E-state index contributed by atoms with van der Waals surface area (Å²) in [6.45, 7) is 0.379. The normalized spacial score (nSPS) is 10.6. The van der Waals surface area contributed by atoms with E-state index in [0.717, 1.165) is 20.8 Å². The van der Waals surface area contributed by atoms with E-state index in [-0.39, 0.29) is 0 Å². The Labute approximate surface area is 141 Å². The van der Waals surface area contributed by atoms with Crippen molar-refractivity contribution in [3.8, 4) is 11.5 Å². The number of carbonyl (C=O) groups is 1. The van der Waals surface area contributed by atoms with E-state index in [4.69, 9.17) is 14.6 Å². The van der Waals surface area contributed by atoms with Crippen LogP contribution in [0.4, 0.5) is 0 Å². The van der Waals surface area contributed by atoms with Crippen molar-refractivity contribution in [2.24, 2.45) is 0 Å². The highest BCUT2D eigenvalue weighted by Crippen LogP contribution is 2.34. The highest BCUT2D eigenvalue weighted by Gasteiger charge is 2.11. The molecule has 2 aromatic rings. The lowest BCUT2D eigenvalue weighted by molar-refractivity contribution is -0.131. The van der Waals surface area contributed by atoms with Crippen LogP contribution >= 0.6 is 22.6 Å². The Kier molecular flexibility index (Phi) is 5.76. The number of pyridine rings is 1. The number of methoxy groups -OCH3 is 1. The Morgan fingerprint density at radius 3 is 2.91 bits per heavy atom. The maximum atomic E-state index is 10.6. The van der Waals surface area contributed by atoms with Gasteiger partial charge in [-0.25, -0.2) is 4.79 Å². The molecule has 114 valence electrons. The molecule has 0 aliphatic carbocycles. The lowest BCUT2D eigenvalue weighted by atomic mass is 10.2. The van der Waals surface area contributed by atoms with Crippen LogP contribution in [0, 0.1) is 3.57 Å². The number of rotatable bonds is 6. The number of carboxylic acid groups (broad SMARTS) is 1. The summed E-state index contributed by atoms with van der Waals surface area (Å²) in [5, 5.41) is 8.68. The van der Waals surface area contributed by atoms with E-state index in [9.17, 15) is 4.79 Å². The van der Waals surface area contributed by atoms with Crippen LogP contribution in [0.25, 0.3) is 6.08 Å². The largest absolute Gasteiger partial charge is 0.493 e. The van der Waals surface area contributed by atoms with Crippen LogP contribution in [0.2, 0.25) is 0 Å². The first-order chi connectivity index (χ1) is 10.6. The molecule has 0 bridgehead atoms. The average Bonchev–Trinajstić information content (AvgIpc) is 2.52. The van der Waals surface area contributed by atoms with E-state index in [1.165, 1.54) is 6.08 Å². The summed E-state index contributed by atoms with van der Waals surface area (Å²) >= 11 is 2.13. The van der Waals surface area contributed by atoms with Crippen LogP contribution in [0.15, 0.2) is 42.7 Å². The van der Waals surface area contributed by atoms with Gasteiger partial charge in [0.25, 0.3) is 0 Å². The van der Waals surface area contributed by atoms with Crippen molar-refractivity contribution in [3.63, 3.8) is 0 Å². The Bertz CT molecular complexity index is 686. The van der Waals surface area contributed by atoms with Crippen molar-refractivity contribution in [3.05, 3.63) is 57.4 Å². The third-order valence-corrected chi connectivity index (χ3v) is 3.58. The topological polar surface area (TPSA) is 68.7 Å². The number of carboxylic acids is 1. The molecular weight excluding hydrogens is 397 g/mol. The summed E-state index contributed by atoms with van der Waals surface area (Å²) in [6.07, 6.45) is 6.04. The van der Waals surface area contributed by atoms with Gasteiger partial charge in [-0.15, -0.1) is 0 Å². The van der Waals surface area contributed by atoms with E-state index in [2.05, 4.69) is 27.6 Å². The Balaban J connectivity index is 2.22. The molecule has 1 heterocycles. The quantitative estimate of drug-likeness (QED) is 0.583. The van der Waals surface area contributed by atoms with Crippen LogP contribution in [0.1, 0.15) is 11.1 Å². The molecule has 1 aromatic carbocycles. The molecule has 0 aliphatic rings. The zero-order valence-electron chi connectivity index (χ0n) is 11.8. The third-order valence-electron chi connectivity index (χ3n) is 2.78. The first-order valence-electron chi connectivity index (χ1n) is 6.40. The minimum absolute atomic E-state index is 0.379. The van der Waals surface area contributed by atoms with Crippen LogP contribution in [-0.4, -0.2) is 23.2 Å². The van der Waals surface area contributed by atoms with Gasteiger partial charge in [0, 0.05) is 24.0 Å². The van der Waals surface area contributed by atoms with Gasteiger partial charge in [0.15, 0.2) is 11.5 Å². The number of halogens is 1. The van der Waals surface area contributed by atoms with Crippen LogP contribution in [0.5, 0.6) is 11.5 Å². The molecule has 1 aromatic heterocycles. The highest BCUT2D eigenvalue weighted by atomic mass is 127. The number of benzene rings is 1. The van der Waals surface area contributed by atoms with Crippen molar-refractivity contribution in [2.45, 2.75) is 6.61 Å². The first-order valence-corrected chi connectivity index (χ1v) is 7.48. The molecular formula is C16H14INO4. The number of hydrogen-bond donors (Lipinski definition) is 1. The zero-order valence-corrected chi connectivity index (χ0v) is 14.0. The van der Waals surface area contributed by atoms with Crippen molar-refractivity contribution in [1.29, 1.82) is 0 Å². The van der Waals surface area contributed by atoms with Crippen molar-refractivity contribution >= 4 is 34.6 Å². The minimum atomic E-state index is -0.995. The SMILES string of the molecule is COc1cc(/C=C/C(=O)O)cc(I)c1OCc1cccnc1. The second kappa shape index (κ2) is 7.79. The fourth-order valence-corrected chi connectivity index (χ4v) is 2.56. The maximum Gasteiger partial charge on any atom is 0.328 e. The molecule has 0 atom stereocenters. The van der Waals surface area contributed by atoms with E-state index in [0.29, 0.717) is 18.1 Å². The predicted octanol–water partition coefficient (Wildman–Crippen LogP) is 3.37. The molecule has 0 unspecified atom stereocenters. The summed E-state index contributed by atoms with van der Waals surface area (Å²) in [5.74, 6) is 0.186. The van der Waals surface area contributed by atoms with Gasteiger partial charge in [-0.3, -0.25) is 4.98 Å². The molecule has 0 amide bonds. The standard InChI is InChI=1S/C16H14INO4/c1-21-14-8-11(4-5-15(19)20)7-13(17)16(14)22-10-12-3-2-6-18-9-12/h2-9H,10H2,1H3,(H,19,20)/b5-4+. The van der Waals surface area contributed by atoms with Gasteiger partial charge in [0.1, 0.15) is 6.61 Å². The predicted molar refractivity (Wildman–Crippen MR) is 90.9 cm³/mol. The molecule has 6 heteroatoms. The van der Waals surface area contributed by atoms with E-state index in [1.54, 1.807) is 25.6 Å². The van der Waals surface area contributed by atoms with Crippen LogP contribution in [0.3, 0.4) is 0 Å². The molecule has 2 rings (SSSR count). The number of hydrogen-bond acceptors (Lipinski definition) is 4. The smallest absolute Gasteiger partial charge is 0.328 e. The highest BCUT2D eigenvalue weighted by molar-refractivity contribution is 14.1. The summed E-state index contributed by atoms with van der Waals surface area (Å²) in [4.78, 5) is 14.6. The molecule has 0 spiro atoms. The molecule has 5 nitrogen and oxygen atoms in total. The molecule has 1 N–H and O–H groups in total. The molecule has 0 saturated carbocycles. The third kappa shape index (κ3) is 4.45. The van der Waals surface area contributed by atoms with E-state index >= 15 is 0 Å². The van der Waals surface area contributed by atoms with Gasteiger partial charge in [-0.2, -0.15) is 0 Å². The lowest BCUT2D eigenvalue weighted by Gasteiger charge is -2.13. The van der Waals surface area contributed by atoms with E-state index < -0.39 is 5.97 Å². The number of aliphatic carboxylic acids is 1. The second-order valence-electron chi connectivity index (χ2n) is 4.36. The summed E-state index contributed by atoms with van der Waals surface area (Å²) < 4.78 is 12.0. The first kappa shape index (κ1) is 16.3. The Morgan fingerprint density at radius 1 is 1.45 bits per heavy atom. The van der Waals surface area contributed by atoms with Crippen molar-refractivity contribution in [1.82, 2.24) is 4.98 Å². The number of nitrogens with zero attached hydrogens (tertiary/aromatic N) is 1. The fourth-order valence-electron chi connectivity index (χ4n) is 1.78. The second-order valence-corrected chi connectivity index (χ2v) is 5.52. The van der Waals surface area contributed by atoms with Gasteiger partial charge >= 0.3 is 5.97 Å². The molecule has 22 heavy (non-hydrogen) atoms. The molecule has 0 fully saturated rings. The van der Waals surface area contributed by atoms with Gasteiger partial charge < -0.3 is 14.6 Å². The van der Waals surface area contributed by atoms with Crippen molar-refractivity contribution in [2.75, 3.05) is 7.11 Å². The summed E-state index contributed by atoms with van der Waals surface area (Å²) in [6, 6.07) is 7.35. The zero-order chi connectivity index (χ0) is 15.9. The van der Waals surface area contributed by atoms with Crippen molar-refractivity contribution < 1.29 is 19.4 Å². The average molecular weight is 411 g/mol. The molecule has 0 radical (unpaired) electrons. The number of aromatic nitrogens is 1.